The smallest absolute Gasteiger partial charge is 0.376 e. The van der Waals surface area contributed by atoms with Crippen molar-refractivity contribution >= 4 is 8.80 Å². The van der Waals surface area contributed by atoms with Gasteiger partial charge in [-0.2, -0.15) is 0 Å². The molecular weight excluding hydrogens is 222 g/mol. The lowest BCUT2D eigenvalue weighted by Crippen LogP contribution is -2.58. The minimum absolute atomic E-state index is 0.117. The van der Waals surface area contributed by atoms with Gasteiger partial charge in [0.2, 0.25) is 0 Å². The molecule has 0 amide bonds. The highest BCUT2D eigenvalue weighted by Crippen LogP contribution is 2.16. The Morgan fingerprint density at radius 1 is 0.938 bits per heavy atom. The van der Waals surface area contributed by atoms with Crippen molar-refractivity contribution in [2.75, 3.05) is 21.3 Å². The van der Waals surface area contributed by atoms with Gasteiger partial charge >= 0.3 is 8.80 Å². The third-order valence-corrected chi connectivity index (χ3v) is 5.83. The van der Waals surface area contributed by atoms with Gasteiger partial charge < -0.3 is 19.0 Å². The van der Waals surface area contributed by atoms with Crippen LogP contribution < -0.4 is 5.73 Å². The van der Waals surface area contributed by atoms with Crippen LogP contribution in [0.4, 0.5) is 0 Å². The monoisotopic (exact) mass is 249 g/mol. The van der Waals surface area contributed by atoms with Gasteiger partial charge in [0.05, 0.1) is 5.67 Å². The minimum Gasteiger partial charge on any atom is -0.376 e. The normalized spacial score (nSPS) is 14.1. The quantitative estimate of drug-likeness (QED) is 0.476. The molecule has 0 spiro atoms. The molecule has 16 heavy (non-hydrogen) atoms. The molecule has 0 radical (unpaired) electrons. The summed E-state index contributed by atoms with van der Waals surface area (Å²) >= 11 is 0. The van der Waals surface area contributed by atoms with Crippen LogP contribution >= 0.6 is 0 Å². The van der Waals surface area contributed by atoms with Crippen LogP contribution in [0.1, 0.15) is 45.4 Å². The third-order valence-electron chi connectivity index (χ3n) is 2.93. The number of hydrogen-bond donors (Lipinski definition) is 1. The molecule has 0 bridgehead atoms. The van der Waals surface area contributed by atoms with Gasteiger partial charge in [0.15, 0.2) is 0 Å². The average Bonchev–Trinajstić information content (AvgIpc) is 2.32. The van der Waals surface area contributed by atoms with Crippen LogP contribution in [0.2, 0.25) is 0 Å². The zero-order valence-corrected chi connectivity index (χ0v) is 12.1. The first-order chi connectivity index (χ1) is 7.66. The van der Waals surface area contributed by atoms with E-state index in [1.165, 1.54) is 25.7 Å². The molecule has 0 aromatic rings. The first kappa shape index (κ1) is 16.1. The van der Waals surface area contributed by atoms with Crippen LogP contribution in [-0.2, 0) is 13.3 Å². The molecule has 0 fully saturated rings. The van der Waals surface area contributed by atoms with Gasteiger partial charge in [-0.1, -0.05) is 39.0 Å². The third kappa shape index (κ3) is 4.93. The SMILES string of the molecule is CCCCCCCC(N)[Si](OC)(OC)OC. The zero-order chi connectivity index (χ0) is 12.4. The van der Waals surface area contributed by atoms with E-state index in [1.54, 1.807) is 21.3 Å². The fourth-order valence-electron chi connectivity index (χ4n) is 1.85. The number of nitrogens with two attached hydrogens (primary N) is 1. The predicted molar refractivity (Wildman–Crippen MR) is 68.1 cm³/mol. The highest BCUT2D eigenvalue weighted by molar-refractivity contribution is 6.62. The van der Waals surface area contributed by atoms with E-state index < -0.39 is 8.80 Å². The molecule has 4 nitrogen and oxygen atoms in total. The molecule has 0 rings (SSSR count). The summed E-state index contributed by atoms with van der Waals surface area (Å²) < 4.78 is 16.0. The van der Waals surface area contributed by atoms with Crippen molar-refractivity contribution in [3.63, 3.8) is 0 Å². The molecule has 5 heteroatoms. The molecular formula is C11H27NO3Si. The largest absolute Gasteiger partial charge is 0.517 e. The molecule has 1 atom stereocenters. The van der Waals surface area contributed by atoms with E-state index >= 15 is 0 Å². The lowest BCUT2D eigenvalue weighted by Gasteiger charge is -2.29. The maximum atomic E-state index is 6.09. The minimum atomic E-state index is -2.61. The Morgan fingerprint density at radius 2 is 1.44 bits per heavy atom. The molecule has 0 saturated heterocycles. The maximum Gasteiger partial charge on any atom is 0.517 e. The van der Waals surface area contributed by atoms with Gasteiger partial charge in [-0.15, -0.1) is 0 Å². The average molecular weight is 249 g/mol. The van der Waals surface area contributed by atoms with Gasteiger partial charge in [-0.25, -0.2) is 0 Å². The van der Waals surface area contributed by atoms with E-state index in [-0.39, 0.29) is 5.67 Å². The van der Waals surface area contributed by atoms with E-state index in [4.69, 9.17) is 19.0 Å². The van der Waals surface area contributed by atoms with E-state index in [0.29, 0.717) is 0 Å². The molecule has 0 aromatic carbocycles. The number of rotatable bonds is 10. The summed E-state index contributed by atoms with van der Waals surface area (Å²) in [6.45, 7) is 2.21. The van der Waals surface area contributed by atoms with Crippen molar-refractivity contribution < 1.29 is 13.3 Å². The second kappa shape index (κ2) is 9.12. The first-order valence-electron chi connectivity index (χ1n) is 6.07. The molecule has 0 aliphatic heterocycles. The summed E-state index contributed by atoms with van der Waals surface area (Å²) in [4.78, 5) is 0. The molecule has 0 aliphatic carbocycles. The van der Waals surface area contributed by atoms with E-state index in [1.807, 2.05) is 0 Å². The zero-order valence-electron chi connectivity index (χ0n) is 11.1. The van der Waals surface area contributed by atoms with Crippen molar-refractivity contribution in [3.8, 4) is 0 Å². The predicted octanol–water partition coefficient (Wildman–Crippen LogP) is 2.09. The second-order valence-electron chi connectivity index (χ2n) is 4.03. The van der Waals surface area contributed by atoms with Crippen LogP contribution in [0.5, 0.6) is 0 Å². The van der Waals surface area contributed by atoms with Gasteiger partial charge in [0, 0.05) is 21.3 Å². The van der Waals surface area contributed by atoms with E-state index in [0.717, 1.165) is 12.8 Å². The van der Waals surface area contributed by atoms with Crippen molar-refractivity contribution in [2.24, 2.45) is 5.73 Å². The molecule has 98 valence electrons. The highest BCUT2D eigenvalue weighted by Gasteiger charge is 2.44. The Hall–Kier alpha value is 0.0569. The lowest BCUT2D eigenvalue weighted by molar-refractivity contribution is 0.111. The maximum absolute atomic E-state index is 6.09. The molecule has 0 saturated carbocycles. The van der Waals surface area contributed by atoms with Gasteiger partial charge in [0.25, 0.3) is 0 Å². The summed E-state index contributed by atoms with van der Waals surface area (Å²) in [5.74, 6) is 0. The van der Waals surface area contributed by atoms with Crippen molar-refractivity contribution in [2.45, 2.75) is 51.1 Å². The summed E-state index contributed by atoms with van der Waals surface area (Å²) in [5.41, 5.74) is 5.97. The Kier molecular flexibility index (Phi) is 9.16. The van der Waals surface area contributed by atoms with Crippen molar-refractivity contribution in [1.82, 2.24) is 0 Å². The van der Waals surface area contributed by atoms with Crippen LogP contribution in [0.15, 0.2) is 0 Å². The van der Waals surface area contributed by atoms with E-state index in [9.17, 15) is 0 Å². The summed E-state index contributed by atoms with van der Waals surface area (Å²) in [5, 5.41) is 0. The summed E-state index contributed by atoms with van der Waals surface area (Å²) in [6.07, 6.45) is 7.10. The van der Waals surface area contributed by atoms with Crippen LogP contribution in [-0.4, -0.2) is 35.8 Å². The second-order valence-corrected chi connectivity index (χ2v) is 7.20. The topological polar surface area (TPSA) is 53.7 Å². The van der Waals surface area contributed by atoms with E-state index in [2.05, 4.69) is 6.92 Å². The summed E-state index contributed by atoms with van der Waals surface area (Å²) in [7, 11) is 2.21. The lowest BCUT2D eigenvalue weighted by atomic mass is 10.1. The molecule has 0 aromatic heterocycles. The Balaban J connectivity index is 3.88. The number of unbranched alkanes of at least 4 members (excludes halogenated alkanes) is 4. The Labute approximate surface area is 101 Å². The highest BCUT2D eigenvalue weighted by atomic mass is 28.4. The number of hydrogen-bond acceptors (Lipinski definition) is 4. The van der Waals surface area contributed by atoms with Crippen LogP contribution in [0.3, 0.4) is 0 Å². The standard InChI is InChI=1S/C11H27NO3Si/c1-5-6-7-8-9-10-11(12)16(13-2,14-3)15-4/h11H,5-10,12H2,1-4H3. The van der Waals surface area contributed by atoms with Crippen LogP contribution in [0.25, 0.3) is 0 Å². The Bertz CT molecular complexity index is 157. The summed E-state index contributed by atoms with van der Waals surface area (Å²) in [6, 6.07) is 0. The first-order valence-corrected chi connectivity index (χ1v) is 7.88. The van der Waals surface area contributed by atoms with Crippen LogP contribution in [0, 0.1) is 0 Å². The molecule has 0 aliphatic rings. The fraction of sp³-hybridized carbons (Fsp3) is 1.00. The molecule has 2 N–H and O–H groups in total. The van der Waals surface area contributed by atoms with Gasteiger partial charge in [-0.3, -0.25) is 0 Å². The molecule has 0 heterocycles. The van der Waals surface area contributed by atoms with Gasteiger partial charge in [-0.05, 0) is 6.42 Å². The fourth-order valence-corrected chi connectivity index (χ4v) is 3.81. The molecule has 1 unspecified atom stereocenters. The van der Waals surface area contributed by atoms with Gasteiger partial charge in [0.1, 0.15) is 0 Å². The van der Waals surface area contributed by atoms with Crippen molar-refractivity contribution in [3.05, 3.63) is 0 Å². The van der Waals surface area contributed by atoms with Crippen molar-refractivity contribution in [1.29, 1.82) is 0 Å². The Morgan fingerprint density at radius 3 is 1.88 bits per heavy atom.